The van der Waals surface area contributed by atoms with Gasteiger partial charge in [0.25, 0.3) is 11.1 Å². The van der Waals surface area contributed by atoms with Crippen molar-refractivity contribution in [2.45, 2.75) is 33.9 Å². The van der Waals surface area contributed by atoms with Gasteiger partial charge in [-0.3, -0.25) is 19.3 Å². The van der Waals surface area contributed by atoms with Gasteiger partial charge in [-0.15, -0.1) is 0 Å². The van der Waals surface area contributed by atoms with E-state index >= 15 is 0 Å². The fraction of sp³-hybridized carbons (Fsp3) is 0.222. The minimum Gasteiger partial charge on any atom is -0.324 e. The lowest BCUT2D eigenvalue weighted by Gasteiger charge is -2.14. The van der Waals surface area contributed by atoms with Gasteiger partial charge in [-0.25, -0.2) is 0 Å². The maximum absolute atomic E-state index is 13.2. The monoisotopic (exact) mass is 527 g/mol. The van der Waals surface area contributed by atoms with Crippen LogP contribution in [0.1, 0.15) is 33.6 Å². The molecule has 0 saturated carbocycles. The van der Waals surface area contributed by atoms with Gasteiger partial charge in [-0.05, 0) is 92.6 Å². The second-order valence-corrected chi connectivity index (χ2v) is 9.84. The molecule has 1 N–H and O–H groups in total. The van der Waals surface area contributed by atoms with E-state index in [0.717, 1.165) is 28.2 Å². The summed E-state index contributed by atoms with van der Waals surface area (Å²) in [5, 5.41) is 2.17. The molecule has 2 aromatic carbocycles. The van der Waals surface area contributed by atoms with E-state index in [2.05, 4.69) is 5.32 Å². The standard InChI is InChI=1S/C27H24F3N3O3S/c1-15-8-9-16(2)22(10-15)31-24(34)14-32-25(35)23(37-26(32)36)12-19-11-17(3)33(18(19)4)21-7-5-6-20(13-21)27(28,29)30/h5-13H,14H2,1-4H3,(H,31,34)/b23-12-. The number of amides is 3. The molecular weight excluding hydrogens is 503 g/mol. The van der Waals surface area contributed by atoms with Crippen molar-refractivity contribution in [3.05, 3.63) is 87.1 Å². The predicted octanol–water partition coefficient (Wildman–Crippen LogP) is 6.40. The van der Waals surface area contributed by atoms with Gasteiger partial charge in [0, 0.05) is 22.8 Å². The summed E-state index contributed by atoms with van der Waals surface area (Å²) in [7, 11) is 0. The Hall–Kier alpha value is -3.79. The number of halogens is 3. The van der Waals surface area contributed by atoms with Crippen molar-refractivity contribution in [3.8, 4) is 5.69 Å². The van der Waals surface area contributed by atoms with E-state index in [-0.39, 0.29) is 4.91 Å². The largest absolute Gasteiger partial charge is 0.416 e. The topological polar surface area (TPSA) is 71.4 Å². The van der Waals surface area contributed by atoms with Crippen molar-refractivity contribution in [3.63, 3.8) is 0 Å². The van der Waals surface area contributed by atoms with Gasteiger partial charge >= 0.3 is 6.18 Å². The highest BCUT2D eigenvalue weighted by Crippen LogP contribution is 2.35. The van der Waals surface area contributed by atoms with Crippen molar-refractivity contribution in [2.75, 3.05) is 11.9 Å². The Morgan fingerprint density at radius 2 is 1.76 bits per heavy atom. The Labute approximate surface area is 216 Å². The van der Waals surface area contributed by atoms with Crippen LogP contribution >= 0.6 is 11.8 Å². The summed E-state index contributed by atoms with van der Waals surface area (Å²) in [6, 6.07) is 12.3. The summed E-state index contributed by atoms with van der Waals surface area (Å²) in [5.41, 5.74) is 3.84. The molecule has 0 aliphatic carbocycles. The lowest BCUT2D eigenvalue weighted by Crippen LogP contribution is -2.36. The molecule has 0 bridgehead atoms. The molecule has 192 valence electrons. The smallest absolute Gasteiger partial charge is 0.324 e. The molecule has 0 radical (unpaired) electrons. The Balaban J connectivity index is 1.55. The molecule has 3 aromatic rings. The number of thioether (sulfide) groups is 1. The van der Waals surface area contributed by atoms with E-state index in [1.807, 2.05) is 26.0 Å². The van der Waals surface area contributed by atoms with Crippen LogP contribution in [0.25, 0.3) is 11.8 Å². The van der Waals surface area contributed by atoms with Gasteiger partial charge in [-0.1, -0.05) is 18.2 Å². The molecule has 2 heterocycles. The van der Waals surface area contributed by atoms with E-state index in [9.17, 15) is 27.6 Å². The molecule has 3 amide bonds. The summed E-state index contributed by atoms with van der Waals surface area (Å²) in [6.45, 7) is 6.77. The molecule has 0 atom stereocenters. The molecule has 1 saturated heterocycles. The summed E-state index contributed by atoms with van der Waals surface area (Å²) < 4.78 is 41.3. The van der Waals surface area contributed by atoms with Crippen LogP contribution in [0.15, 0.2) is 53.4 Å². The van der Waals surface area contributed by atoms with Crippen molar-refractivity contribution >= 4 is 40.6 Å². The van der Waals surface area contributed by atoms with Crippen LogP contribution in [0, 0.1) is 27.7 Å². The lowest BCUT2D eigenvalue weighted by molar-refractivity contribution is -0.137. The van der Waals surface area contributed by atoms with E-state index in [4.69, 9.17) is 0 Å². The quantitative estimate of drug-likeness (QED) is 0.390. The SMILES string of the molecule is Cc1ccc(C)c(NC(=O)CN2C(=O)S/C(=C\c3cc(C)n(-c4cccc(C(F)(F)F)c4)c3C)C2=O)c1. The van der Waals surface area contributed by atoms with Crippen LogP contribution in [0.2, 0.25) is 0 Å². The second kappa shape index (κ2) is 9.93. The summed E-state index contributed by atoms with van der Waals surface area (Å²) in [6.07, 6.45) is -2.95. The Morgan fingerprint density at radius 1 is 1.03 bits per heavy atom. The molecular formula is C27H24F3N3O3S. The van der Waals surface area contributed by atoms with Gasteiger partial charge in [0.15, 0.2) is 0 Å². The highest BCUT2D eigenvalue weighted by atomic mass is 32.2. The van der Waals surface area contributed by atoms with E-state index in [1.54, 1.807) is 36.6 Å². The third-order valence-electron chi connectivity index (χ3n) is 6.03. The number of carbonyl (C=O) groups is 3. The van der Waals surface area contributed by atoms with Gasteiger partial charge in [0.2, 0.25) is 5.91 Å². The molecule has 1 aliphatic rings. The minimum absolute atomic E-state index is 0.133. The average molecular weight is 528 g/mol. The van der Waals surface area contributed by atoms with E-state index in [1.165, 1.54) is 12.1 Å². The van der Waals surface area contributed by atoms with E-state index < -0.39 is 35.3 Å². The summed E-state index contributed by atoms with van der Waals surface area (Å²) in [5.74, 6) is -1.10. The number of benzene rings is 2. The first kappa shape index (κ1) is 26.3. The number of rotatable bonds is 5. The third-order valence-corrected chi connectivity index (χ3v) is 6.94. The maximum atomic E-state index is 13.2. The Morgan fingerprint density at radius 3 is 2.46 bits per heavy atom. The third kappa shape index (κ3) is 5.48. The molecule has 37 heavy (non-hydrogen) atoms. The number of hydrogen-bond donors (Lipinski definition) is 1. The highest BCUT2D eigenvalue weighted by molar-refractivity contribution is 8.18. The molecule has 10 heteroatoms. The second-order valence-electron chi connectivity index (χ2n) is 8.84. The normalized spacial score (nSPS) is 15.1. The number of hydrogen-bond acceptors (Lipinski definition) is 4. The van der Waals surface area contributed by atoms with Crippen molar-refractivity contribution in [1.82, 2.24) is 9.47 Å². The first-order chi connectivity index (χ1) is 17.3. The molecule has 0 spiro atoms. The Kier molecular flexibility index (Phi) is 7.05. The first-order valence-corrected chi connectivity index (χ1v) is 12.2. The number of aryl methyl sites for hydroxylation is 3. The van der Waals surface area contributed by atoms with Crippen molar-refractivity contribution in [2.24, 2.45) is 0 Å². The molecule has 6 nitrogen and oxygen atoms in total. The minimum atomic E-state index is -4.48. The predicted molar refractivity (Wildman–Crippen MR) is 137 cm³/mol. The van der Waals surface area contributed by atoms with Crippen LogP contribution < -0.4 is 5.32 Å². The van der Waals surface area contributed by atoms with Crippen LogP contribution in [0.3, 0.4) is 0 Å². The molecule has 1 fully saturated rings. The molecule has 4 rings (SSSR count). The number of anilines is 1. The number of aromatic nitrogens is 1. The molecule has 1 aliphatic heterocycles. The van der Waals surface area contributed by atoms with Gasteiger partial charge in [0.05, 0.1) is 10.5 Å². The summed E-state index contributed by atoms with van der Waals surface area (Å²) in [4.78, 5) is 39.1. The molecule has 0 unspecified atom stereocenters. The lowest BCUT2D eigenvalue weighted by atomic mass is 10.1. The Bertz CT molecular complexity index is 1460. The number of imide groups is 1. The number of carbonyl (C=O) groups excluding carboxylic acids is 3. The zero-order valence-corrected chi connectivity index (χ0v) is 21.4. The number of alkyl halides is 3. The number of nitrogens with zero attached hydrogens (tertiary/aromatic N) is 2. The van der Waals surface area contributed by atoms with Crippen LogP contribution in [0.4, 0.5) is 23.7 Å². The van der Waals surface area contributed by atoms with Gasteiger partial charge in [-0.2, -0.15) is 13.2 Å². The van der Waals surface area contributed by atoms with Crippen molar-refractivity contribution in [1.29, 1.82) is 0 Å². The van der Waals surface area contributed by atoms with Gasteiger partial charge in [0.1, 0.15) is 6.54 Å². The highest BCUT2D eigenvalue weighted by Gasteiger charge is 2.36. The zero-order chi connectivity index (χ0) is 27.1. The molecule has 1 aromatic heterocycles. The zero-order valence-electron chi connectivity index (χ0n) is 20.6. The van der Waals surface area contributed by atoms with Crippen LogP contribution in [-0.2, 0) is 15.8 Å². The van der Waals surface area contributed by atoms with Crippen LogP contribution in [0.5, 0.6) is 0 Å². The van der Waals surface area contributed by atoms with Crippen molar-refractivity contribution < 1.29 is 27.6 Å². The van der Waals surface area contributed by atoms with E-state index in [0.29, 0.717) is 40.1 Å². The summed E-state index contributed by atoms with van der Waals surface area (Å²) >= 11 is 0.716. The maximum Gasteiger partial charge on any atom is 0.416 e. The number of nitrogens with one attached hydrogen (secondary N) is 1. The fourth-order valence-electron chi connectivity index (χ4n) is 4.13. The van der Waals surface area contributed by atoms with Crippen LogP contribution in [-0.4, -0.2) is 33.1 Å². The average Bonchev–Trinajstić information content (AvgIpc) is 3.24. The first-order valence-electron chi connectivity index (χ1n) is 11.3. The fourth-order valence-corrected chi connectivity index (χ4v) is 4.96. The van der Waals surface area contributed by atoms with Gasteiger partial charge < -0.3 is 9.88 Å².